The van der Waals surface area contributed by atoms with Crippen molar-refractivity contribution in [2.45, 2.75) is 31.2 Å². The van der Waals surface area contributed by atoms with Gasteiger partial charge >= 0.3 is 0 Å². The highest BCUT2D eigenvalue weighted by Crippen LogP contribution is 2.30. The van der Waals surface area contributed by atoms with Crippen molar-refractivity contribution < 1.29 is 18.1 Å². The Labute approximate surface area is 135 Å². The van der Waals surface area contributed by atoms with E-state index in [-0.39, 0.29) is 29.7 Å². The van der Waals surface area contributed by atoms with Crippen LogP contribution in [0, 0.1) is 10.1 Å². The van der Waals surface area contributed by atoms with Gasteiger partial charge in [0.25, 0.3) is 5.69 Å². The Morgan fingerprint density at radius 2 is 2.04 bits per heavy atom. The maximum absolute atomic E-state index is 12.9. The summed E-state index contributed by atoms with van der Waals surface area (Å²) in [6.45, 7) is 5.03. The average Bonchev–Trinajstić information content (AvgIpc) is 2.55. The van der Waals surface area contributed by atoms with E-state index in [4.69, 9.17) is 4.74 Å². The van der Waals surface area contributed by atoms with Crippen LogP contribution in [0.25, 0.3) is 0 Å². The van der Waals surface area contributed by atoms with Crippen LogP contribution in [0.1, 0.15) is 20.3 Å². The number of nitrogens with one attached hydrogen (secondary N) is 1. The molecule has 1 aromatic carbocycles. The molecule has 1 saturated heterocycles. The molecule has 1 fully saturated rings. The molecule has 1 N–H and O–H groups in total. The van der Waals surface area contributed by atoms with Crippen molar-refractivity contribution in [1.82, 2.24) is 4.31 Å². The van der Waals surface area contributed by atoms with Crippen molar-refractivity contribution in [3.63, 3.8) is 0 Å². The zero-order chi connectivity index (χ0) is 17.0. The fourth-order valence-corrected chi connectivity index (χ4v) is 3.83. The van der Waals surface area contributed by atoms with E-state index in [0.29, 0.717) is 18.9 Å². The number of nitrogens with zero attached hydrogens (tertiary/aromatic N) is 2. The molecular formula is C14H21N3O5S. The summed E-state index contributed by atoms with van der Waals surface area (Å²) in [7, 11) is -3.82. The quantitative estimate of drug-likeness (QED) is 0.624. The van der Waals surface area contributed by atoms with Crippen molar-refractivity contribution in [1.29, 1.82) is 0 Å². The molecule has 0 amide bonds. The molecule has 1 aromatic rings. The molecule has 0 spiro atoms. The lowest BCUT2D eigenvalue weighted by Gasteiger charge is -2.27. The normalized spacial score (nSPS) is 17.7. The van der Waals surface area contributed by atoms with Crippen LogP contribution in [0.4, 0.5) is 11.4 Å². The number of morpholine rings is 1. The average molecular weight is 343 g/mol. The molecule has 9 heteroatoms. The second-order valence-corrected chi connectivity index (χ2v) is 7.31. The number of sulfonamides is 1. The van der Waals surface area contributed by atoms with Crippen LogP contribution < -0.4 is 5.32 Å². The van der Waals surface area contributed by atoms with Crippen LogP contribution in [0.2, 0.25) is 0 Å². The van der Waals surface area contributed by atoms with Crippen molar-refractivity contribution in [2.24, 2.45) is 0 Å². The predicted molar refractivity (Wildman–Crippen MR) is 86.0 cm³/mol. The van der Waals surface area contributed by atoms with E-state index in [1.165, 1.54) is 16.4 Å². The largest absolute Gasteiger partial charge is 0.381 e. The van der Waals surface area contributed by atoms with Gasteiger partial charge in [-0.2, -0.15) is 4.31 Å². The predicted octanol–water partition coefficient (Wildman–Crippen LogP) is 1.83. The number of hydrogen-bond donors (Lipinski definition) is 1. The molecule has 1 aliphatic rings. The molecule has 128 valence electrons. The molecular weight excluding hydrogens is 322 g/mol. The summed E-state index contributed by atoms with van der Waals surface area (Å²) >= 11 is 0. The monoisotopic (exact) mass is 343 g/mol. The van der Waals surface area contributed by atoms with Gasteiger partial charge in [-0.25, -0.2) is 8.42 Å². The van der Waals surface area contributed by atoms with Gasteiger partial charge in [0.05, 0.1) is 23.8 Å². The van der Waals surface area contributed by atoms with E-state index in [1.54, 1.807) is 0 Å². The molecule has 23 heavy (non-hydrogen) atoms. The Morgan fingerprint density at radius 3 is 2.61 bits per heavy atom. The zero-order valence-corrected chi connectivity index (χ0v) is 14.0. The van der Waals surface area contributed by atoms with Gasteiger partial charge in [-0.15, -0.1) is 0 Å². The molecule has 0 saturated carbocycles. The van der Waals surface area contributed by atoms with Gasteiger partial charge in [0.2, 0.25) is 10.0 Å². The van der Waals surface area contributed by atoms with Crippen molar-refractivity contribution in [3.8, 4) is 0 Å². The lowest BCUT2D eigenvalue weighted by Crippen LogP contribution is -2.41. The maximum atomic E-state index is 12.9. The molecule has 1 aliphatic heterocycles. The molecule has 1 heterocycles. The molecule has 8 nitrogen and oxygen atoms in total. The van der Waals surface area contributed by atoms with E-state index in [1.807, 2.05) is 13.8 Å². The standard InChI is InChI=1S/C14H21N3O5S/c1-3-11(2)15-13-5-4-12(17(18)19)10-14(13)23(20,21)16-6-8-22-9-7-16/h4-5,10-11,15H,3,6-9H2,1-2H3. The second-order valence-electron chi connectivity index (χ2n) is 5.41. The summed E-state index contributed by atoms with van der Waals surface area (Å²) in [4.78, 5) is 10.3. The molecule has 1 unspecified atom stereocenters. The van der Waals surface area contributed by atoms with Crippen LogP contribution in [-0.4, -0.2) is 50.0 Å². The summed E-state index contributed by atoms with van der Waals surface area (Å²) in [6.07, 6.45) is 0.800. The molecule has 1 atom stereocenters. The third-order valence-corrected chi connectivity index (χ3v) is 5.72. The van der Waals surface area contributed by atoms with Crippen LogP contribution in [0.5, 0.6) is 0 Å². The first kappa shape index (κ1) is 17.6. The Balaban J connectivity index is 2.47. The Bertz CT molecular complexity index is 671. The number of nitro groups is 1. The maximum Gasteiger partial charge on any atom is 0.270 e. The van der Waals surface area contributed by atoms with E-state index in [0.717, 1.165) is 12.5 Å². The van der Waals surface area contributed by atoms with Gasteiger partial charge in [0.1, 0.15) is 4.90 Å². The van der Waals surface area contributed by atoms with Crippen LogP contribution in [0.15, 0.2) is 23.1 Å². The number of anilines is 1. The van der Waals surface area contributed by atoms with Crippen LogP contribution >= 0.6 is 0 Å². The number of rotatable bonds is 6. The SMILES string of the molecule is CCC(C)Nc1ccc([N+](=O)[O-])cc1S(=O)(=O)N1CCOCC1. The van der Waals surface area contributed by atoms with Gasteiger partial charge < -0.3 is 10.1 Å². The first-order valence-corrected chi connectivity index (χ1v) is 8.93. The summed E-state index contributed by atoms with van der Waals surface area (Å²) in [5.74, 6) is 0. The number of nitro benzene ring substituents is 1. The fraction of sp³-hybridized carbons (Fsp3) is 0.571. The highest BCUT2D eigenvalue weighted by atomic mass is 32.2. The Hall–Kier alpha value is -1.71. The summed E-state index contributed by atoms with van der Waals surface area (Å²) in [6, 6.07) is 3.94. The minimum atomic E-state index is -3.82. The van der Waals surface area contributed by atoms with Gasteiger partial charge in [-0.1, -0.05) is 6.92 Å². The molecule has 0 aromatic heterocycles. The number of non-ortho nitro benzene ring substituents is 1. The van der Waals surface area contributed by atoms with Crippen LogP contribution in [-0.2, 0) is 14.8 Å². The third-order valence-electron chi connectivity index (χ3n) is 3.78. The highest BCUT2D eigenvalue weighted by Gasteiger charge is 2.30. The van der Waals surface area contributed by atoms with Crippen molar-refractivity contribution >= 4 is 21.4 Å². The zero-order valence-electron chi connectivity index (χ0n) is 13.2. The molecule has 0 radical (unpaired) electrons. The number of ether oxygens (including phenoxy) is 1. The first-order valence-electron chi connectivity index (χ1n) is 7.49. The van der Waals surface area contributed by atoms with Gasteiger partial charge in [0.15, 0.2) is 0 Å². The smallest absolute Gasteiger partial charge is 0.270 e. The van der Waals surface area contributed by atoms with E-state index < -0.39 is 14.9 Å². The number of benzene rings is 1. The van der Waals surface area contributed by atoms with Crippen molar-refractivity contribution in [3.05, 3.63) is 28.3 Å². The summed E-state index contributed by atoms with van der Waals surface area (Å²) in [5, 5.41) is 14.1. The fourth-order valence-electron chi connectivity index (χ4n) is 2.25. The summed E-state index contributed by atoms with van der Waals surface area (Å²) < 4.78 is 32.2. The Morgan fingerprint density at radius 1 is 1.39 bits per heavy atom. The minimum Gasteiger partial charge on any atom is -0.381 e. The highest BCUT2D eigenvalue weighted by molar-refractivity contribution is 7.89. The first-order chi connectivity index (χ1) is 10.9. The molecule has 0 bridgehead atoms. The van der Waals surface area contributed by atoms with Gasteiger partial charge in [0, 0.05) is 31.3 Å². The number of hydrogen-bond acceptors (Lipinski definition) is 6. The molecule has 0 aliphatic carbocycles. The lowest BCUT2D eigenvalue weighted by atomic mass is 10.2. The van der Waals surface area contributed by atoms with Crippen molar-refractivity contribution in [2.75, 3.05) is 31.6 Å². The van der Waals surface area contributed by atoms with E-state index in [2.05, 4.69) is 5.32 Å². The summed E-state index contributed by atoms with van der Waals surface area (Å²) in [5.41, 5.74) is 0.142. The molecule has 2 rings (SSSR count). The topological polar surface area (TPSA) is 102 Å². The minimum absolute atomic E-state index is 0.0510. The van der Waals surface area contributed by atoms with Gasteiger partial charge in [-0.3, -0.25) is 10.1 Å². The van der Waals surface area contributed by atoms with Gasteiger partial charge in [-0.05, 0) is 19.4 Å². The van der Waals surface area contributed by atoms with E-state index >= 15 is 0 Å². The Kier molecular flexibility index (Phi) is 5.55. The van der Waals surface area contributed by atoms with E-state index in [9.17, 15) is 18.5 Å². The third kappa shape index (κ3) is 3.98. The second kappa shape index (κ2) is 7.24. The lowest BCUT2D eigenvalue weighted by molar-refractivity contribution is -0.385. The van der Waals surface area contributed by atoms with Crippen LogP contribution in [0.3, 0.4) is 0 Å².